The molecule has 0 amide bonds. The van der Waals surface area contributed by atoms with Crippen LogP contribution in [-0.2, 0) is 0 Å². The highest BCUT2D eigenvalue weighted by molar-refractivity contribution is 6.28. The van der Waals surface area contributed by atoms with Crippen molar-refractivity contribution in [2.24, 2.45) is 0 Å². The third-order valence-electron chi connectivity index (χ3n) is 2.78. The minimum atomic E-state index is -0.663. The zero-order valence-electron chi connectivity index (χ0n) is 11.7. The van der Waals surface area contributed by atoms with Gasteiger partial charge in [0, 0.05) is 43.7 Å². The van der Waals surface area contributed by atoms with Gasteiger partial charge in [0.15, 0.2) is 5.78 Å². The van der Waals surface area contributed by atoms with Crippen molar-refractivity contribution < 1.29 is 13.6 Å². The van der Waals surface area contributed by atoms with Gasteiger partial charge in [-0.1, -0.05) is 0 Å². The Bertz CT molecular complexity index is 679. The van der Waals surface area contributed by atoms with Crippen LogP contribution in [-0.4, -0.2) is 29.8 Å². The van der Waals surface area contributed by atoms with Gasteiger partial charge in [-0.05, 0) is 35.9 Å². The zero-order valence-corrected chi connectivity index (χ0v) is 11.7. The van der Waals surface area contributed by atoms with Crippen molar-refractivity contribution in [2.45, 2.75) is 0 Å². The van der Waals surface area contributed by atoms with Crippen molar-refractivity contribution in [3.8, 4) is 0 Å². The van der Waals surface area contributed by atoms with Crippen molar-refractivity contribution in [1.82, 2.24) is 9.88 Å². The highest BCUT2D eigenvalue weighted by Crippen LogP contribution is 2.20. The second-order valence-electron chi connectivity index (χ2n) is 4.71. The molecule has 3 nitrogen and oxygen atoms in total. The summed E-state index contributed by atoms with van der Waals surface area (Å²) < 4.78 is 26.2. The molecule has 0 aliphatic rings. The van der Waals surface area contributed by atoms with E-state index in [2.05, 4.69) is 4.98 Å². The van der Waals surface area contributed by atoms with E-state index in [4.69, 9.17) is 0 Å². The second kappa shape index (κ2) is 6.26. The van der Waals surface area contributed by atoms with E-state index in [-0.39, 0.29) is 5.78 Å². The third kappa shape index (κ3) is 3.72. The molecule has 1 aromatic heterocycles. The van der Waals surface area contributed by atoms with Gasteiger partial charge in [-0.25, -0.2) is 9.37 Å². The van der Waals surface area contributed by atoms with E-state index in [1.54, 1.807) is 31.3 Å². The van der Waals surface area contributed by atoms with Crippen LogP contribution in [0.3, 0.4) is 0 Å². The molecule has 0 atom stereocenters. The lowest BCUT2D eigenvalue weighted by molar-refractivity contribution is 0.105. The van der Waals surface area contributed by atoms with Crippen LogP contribution < -0.4 is 0 Å². The number of ketones is 1. The molecule has 0 N–H and O–H groups in total. The van der Waals surface area contributed by atoms with E-state index in [1.165, 1.54) is 36.5 Å². The molecule has 21 heavy (non-hydrogen) atoms. The molecule has 0 saturated heterocycles. The Morgan fingerprint density at radius 3 is 2.33 bits per heavy atom. The number of carbonyl (C=O) groups excluding carboxylic acids is 1. The van der Waals surface area contributed by atoms with Crippen LogP contribution in [0.5, 0.6) is 0 Å². The minimum Gasteiger partial charge on any atom is -0.383 e. The Balaban J connectivity index is 2.46. The molecule has 5 heteroatoms. The maximum atomic E-state index is 13.3. The summed E-state index contributed by atoms with van der Waals surface area (Å²) >= 11 is 0. The first kappa shape index (κ1) is 14.8. The summed E-state index contributed by atoms with van der Waals surface area (Å²) in [6.45, 7) is 0. The molecule has 1 aromatic carbocycles. The number of rotatable bonds is 4. The molecule has 108 valence electrons. The molecule has 0 spiro atoms. The van der Waals surface area contributed by atoms with Crippen LogP contribution >= 0.6 is 0 Å². The van der Waals surface area contributed by atoms with Crippen LogP contribution in [0, 0.1) is 11.8 Å². The highest BCUT2D eigenvalue weighted by Gasteiger charge is 2.16. The number of pyridine rings is 1. The van der Waals surface area contributed by atoms with Crippen LogP contribution in [0.25, 0.3) is 5.57 Å². The molecule has 0 radical (unpaired) electrons. The average molecular weight is 288 g/mol. The van der Waals surface area contributed by atoms with Crippen LogP contribution in [0.4, 0.5) is 8.78 Å². The number of Topliss-reactive ketones (excluding diaryl/α,β-unsaturated/α-hetero) is 1. The second-order valence-corrected chi connectivity index (χ2v) is 4.71. The number of nitrogens with zero attached hydrogens (tertiary/aromatic N) is 2. The Morgan fingerprint density at radius 2 is 1.76 bits per heavy atom. The summed E-state index contributed by atoms with van der Waals surface area (Å²) in [5.41, 5.74) is 1.07. The summed E-state index contributed by atoms with van der Waals surface area (Å²) in [6, 6.07) is 7.98. The first-order valence-corrected chi connectivity index (χ1v) is 6.28. The fourth-order valence-electron chi connectivity index (χ4n) is 1.85. The highest BCUT2D eigenvalue weighted by atomic mass is 19.1. The molecule has 0 fully saturated rings. The van der Waals surface area contributed by atoms with Gasteiger partial charge in [0.05, 0.1) is 0 Å². The van der Waals surface area contributed by atoms with Crippen molar-refractivity contribution in [2.75, 3.05) is 14.1 Å². The van der Waals surface area contributed by atoms with Gasteiger partial charge in [0.1, 0.15) is 5.82 Å². The van der Waals surface area contributed by atoms with Gasteiger partial charge >= 0.3 is 0 Å². The first-order valence-electron chi connectivity index (χ1n) is 6.28. The molecule has 0 aliphatic carbocycles. The Labute approximate surface area is 121 Å². The monoisotopic (exact) mass is 288 g/mol. The Kier molecular flexibility index (Phi) is 4.42. The van der Waals surface area contributed by atoms with E-state index in [0.29, 0.717) is 16.7 Å². The lowest BCUT2D eigenvalue weighted by Gasteiger charge is -2.12. The summed E-state index contributed by atoms with van der Waals surface area (Å²) in [5.74, 6) is -1.39. The van der Waals surface area contributed by atoms with Gasteiger partial charge in [-0.2, -0.15) is 4.39 Å². The van der Waals surface area contributed by atoms with Gasteiger partial charge in [0.2, 0.25) is 5.95 Å². The minimum absolute atomic E-state index is 0.311. The number of aromatic nitrogens is 1. The fraction of sp³-hybridized carbons (Fsp3) is 0.125. The molecule has 2 rings (SSSR count). The normalized spacial score (nSPS) is 11.3. The van der Waals surface area contributed by atoms with E-state index >= 15 is 0 Å². The van der Waals surface area contributed by atoms with E-state index in [1.807, 2.05) is 0 Å². The van der Waals surface area contributed by atoms with Crippen molar-refractivity contribution in [3.63, 3.8) is 0 Å². The quantitative estimate of drug-likeness (QED) is 0.492. The summed E-state index contributed by atoms with van der Waals surface area (Å²) in [7, 11) is 3.52. The number of halogens is 2. The van der Waals surface area contributed by atoms with Crippen molar-refractivity contribution in [1.29, 1.82) is 0 Å². The van der Waals surface area contributed by atoms with E-state index < -0.39 is 11.8 Å². The molecule has 0 aliphatic heterocycles. The average Bonchev–Trinajstić information content (AvgIpc) is 2.44. The standard InChI is InChI=1S/C16H14F2N2O/c1-20(2)10-14(12-7-8-19-15(18)9-12)16(21)11-3-5-13(17)6-4-11/h3-10H,1-2H3/b14-10+. The number of hydrogen-bond donors (Lipinski definition) is 0. The molecular formula is C16H14F2N2O. The van der Waals surface area contributed by atoms with E-state index in [9.17, 15) is 13.6 Å². The molecule has 0 unspecified atom stereocenters. The van der Waals surface area contributed by atoms with Crippen LogP contribution in [0.1, 0.15) is 15.9 Å². The zero-order chi connectivity index (χ0) is 15.4. The van der Waals surface area contributed by atoms with Gasteiger partial charge in [-0.15, -0.1) is 0 Å². The van der Waals surface area contributed by atoms with Crippen molar-refractivity contribution in [3.05, 3.63) is 71.7 Å². The molecular weight excluding hydrogens is 274 g/mol. The summed E-state index contributed by atoms with van der Waals surface area (Å²) in [5, 5.41) is 0. The topological polar surface area (TPSA) is 33.2 Å². The van der Waals surface area contributed by atoms with Crippen LogP contribution in [0.2, 0.25) is 0 Å². The molecule has 2 aromatic rings. The smallest absolute Gasteiger partial charge is 0.213 e. The number of hydrogen-bond acceptors (Lipinski definition) is 3. The molecule has 0 bridgehead atoms. The van der Waals surface area contributed by atoms with Gasteiger partial charge < -0.3 is 4.90 Å². The third-order valence-corrected chi connectivity index (χ3v) is 2.78. The maximum absolute atomic E-state index is 13.3. The SMILES string of the molecule is CN(C)/C=C(/C(=O)c1ccc(F)cc1)c1ccnc(F)c1. The summed E-state index contributed by atoms with van der Waals surface area (Å²) in [6.07, 6.45) is 2.90. The van der Waals surface area contributed by atoms with E-state index in [0.717, 1.165) is 0 Å². The number of carbonyl (C=O) groups is 1. The lowest BCUT2D eigenvalue weighted by atomic mass is 9.98. The molecule has 1 heterocycles. The fourth-order valence-corrected chi connectivity index (χ4v) is 1.85. The van der Waals surface area contributed by atoms with Gasteiger partial charge in [-0.3, -0.25) is 4.79 Å². The number of allylic oxidation sites excluding steroid dienone is 1. The Hall–Kier alpha value is -2.56. The maximum Gasteiger partial charge on any atom is 0.213 e. The van der Waals surface area contributed by atoms with Gasteiger partial charge in [0.25, 0.3) is 0 Å². The Morgan fingerprint density at radius 1 is 1.10 bits per heavy atom. The first-order chi connectivity index (χ1) is 9.97. The van der Waals surface area contributed by atoms with Crippen molar-refractivity contribution >= 4 is 11.4 Å². The largest absolute Gasteiger partial charge is 0.383 e. The molecule has 0 saturated carbocycles. The lowest BCUT2D eigenvalue weighted by Crippen LogP contribution is -2.09. The van der Waals surface area contributed by atoms with Crippen LogP contribution in [0.15, 0.2) is 48.8 Å². The number of benzene rings is 1. The summed E-state index contributed by atoms with van der Waals surface area (Å²) in [4.78, 5) is 17.7. The predicted octanol–water partition coefficient (Wildman–Crippen LogP) is 3.15. The predicted molar refractivity (Wildman–Crippen MR) is 76.6 cm³/mol.